The van der Waals surface area contributed by atoms with Crippen LogP contribution in [-0.4, -0.2) is 9.78 Å². The van der Waals surface area contributed by atoms with Crippen molar-refractivity contribution in [3.05, 3.63) is 44.7 Å². The van der Waals surface area contributed by atoms with Crippen molar-refractivity contribution < 1.29 is 0 Å². The van der Waals surface area contributed by atoms with Crippen molar-refractivity contribution in [2.24, 2.45) is 0 Å². The fourth-order valence-corrected chi connectivity index (χ4v) is 1.52. The second-order valence-corrected chi connectivity index (χ2v) is 3.80. The van der Waals surface area contributed by atoms with Crippen molar-refractivity contribution in [3.8, 4) is 5.69 Å². The summed E-state index contributed by atoms with van der Waals surface area (Å²) in [5.74, 6) is 0.297. The molecule has 15 heavy (non-hydrogen) atoms. The summed E-state index contributed by atoms with van der Waals surface area (Å²) in [6.45, 7) is 0. The molecular formula is C9H7Cl2N3O. The molecule has 0 unspecified atom stereocenters. The van der Waals surface area contributed by atoms with E-state index in [1.54, 1.807) is 18.2 Å². The van der Waals surface area contributed by atoms with Crippen molar-refractivity contribution in [2.75, 3.05) is 5.73 Å². The molecule has 0 spiro atoms. The van der Waals surface area contributed by atoms with Gasteiger partial charge < -0.3 is 5.73 Å². The molecule has 4 nitrogen and oxygen atoms in total. The Balaban J connectivity index is 2.59. The van der Waals surface area contributed by atoms with E-state index in [4.69, 9.17) is 28.9 Å². The molecule has 1 heterocycles. The van der Waals surface area contributed by atoms with Crippen molar-refractivity contribution in [2.45, 2.75) is 0 Å². The smallest absolute Gasteiger partial charge is 0.273 e. The maximum absolute atomic E-state index is 11.4. The third kappa shape index (κ3) is 1.86. The van der Waals surface area contributed by atoms with Gasteiger partial charge in [0.25, 0.3) is 5.56 Å². The molecule has 0 radical (unpaired) electrons. The summed E-state index contributed by atoms with van der Waals surface area (Å²) in [5, 5.41) is 3.51. The quantitative estimate of drug-likeness (QED) is 0.806. The maximum atomic E-state index is 11.4. The summed E-state index contributed by atoms with van der Waals surface area (Å²) in [7, 11) is 0. The van der Waals surface area contributed by atoms with Crippen LogP contribution in [0.15, 0.2) is 29.1 Å². The predicted molar refractivity (Wildman–Crippen MR) is 60.8 cm³/mol. The van der Waals surface area contributed by atoms with Crippen LogP contribution in [-0.2, 0) is 0 Å². The Kier molecular flexibility index (Phi) is 2.46. The highest BCUT2D eigenvalue weighted by atomic mass is 35.5. The second kappa shape index (κ2) is 3.64. The molecule has 0 atom stereocenters. The largest absolute Gasteiger partial charge is 0.384 e. The lowest BCUT2D eigenvalue weighted by Gasteiger charge is -2.02. The first-order chi connectivity index (χ1) is 7.08. The molecule has 0 saturated carbocycles. The van der Waals surface area contributed by atoms with Gasteiger partial charge in [-0.05, 0) is 18.2 Å². The van der Waals surface area contributed by atoms with E-state index >= 15 is 0 Å². The van der Waals surface area contributed by atoms with Gasteiger partial charge in [0.1, 0.15) is 5.82 Å². The van der Waals surface area contributed by atoms with E-state index in [1.807, 2.05) is 0 Å². The minimum Gasteiger partial charge on any atom is -0.384 e. The number of H-pyrrole nitrogens is 1. The van der Waals surface area contributed by atoms with Gasteiger partial charge in [-0.3, -0.25) is 9.89 Å². The molecule has 2 aromatic rings. The van der Waals surface area contributed by atoms with Crippen LogP contribution >= 0.6 is 23.2 Å². The monoisotopic (exact) mass is 243 g/mol. The van der Waals surface area contributed by atoms with Crippen molar-refractivity contribution in [1.82, 2.24) is 9.78 Å². The lowest BCUT2D eigenvalue weighted by Crippen LogP contribution is -2.13. The first-order valence-corrected chi connectivity index (χ1v) is 4.86. The highest BCUT2D eigenvalue weighted by Gasteiger charge is 2.05. The number of nitrogens with two attached hydrogens (primary N) is 1. The number of aromatic amines is 1. The molecule has 2 rings (SSSR count). The molecule has 1 aromatic heterocycles. The molecule has 0 fully saturated rings. The zero-order valence-electron chi connectivity index (χ0n) is 7.50. The number of hydrogen-bond donors (Lipinski definition) is 2. The normalized spacial score (nSPS) is 10.5. The second-order valence-electron chi connectivity index (χ2n) is 2.98. The predicted octanol–water partition coefficient (Wildman–Crippen LogP) is 2.05. The van der Waals surface area contributed by atoms with Crippen molar-refractivity contribution >= 4 is 29.0 Å². The summed E-state index contributed by atoms with van der Waals surface area (Å²) < 4.78 is 1.29. The van der Waals surface area contributed by atoms with Crippen LogP contribution in [0.2, 0.25) is 10.0 Å². The van der Waals surface area contributed by atoms with Gasteiger partial charge in [-0.25, -0.2) is 4.68 Å². The highest BCUT2D eigenvalue weighted by Crippen LogP contribution is 2.23. The number of hydrogen-bond acceptors (Lipinski definition) is 2. The number of nitrogen functional groups attached to an aromatic ring is 1. The zero-order valence-corrected chi connectivity index (χ0v) is 9.01. The lowest BCUT2D eigenvalue weighted by atomic mass is 10.3. The number of rotatable bonds is 1. The van der Waals surface area contributed by atoms with Gasteiger partial charge in [-0.1, -0.05) is 23.2 Å². The summed E-state index contributed by atoms with van der Waals surface area (Å²) in [4.78, 5) is 11.4. The average molecular weight is 244 g/mol. The minimum atomic E-state index is -0.245. The molecule has 0 aliphatic heterocycles. The number of halogens is 2. The van der Waals surface area contributed by atoms with Crippen LogP contribution < -0.4 is 11.3 Å². The first kappa shape index (κ1) is 10.1. The standard InChI is InChI=1S/C9H7Cl2N3O/c10-6-2-1-5(3-7(6)11)14-9(15)4-8(12)13-14/h1-4,13H,12H2. The molecule has 0 aliphatic rings. The topological polar surface area (TPSA) is 63.8 Å². The maximum Gasteiger partial charge on any atom is 0.273 e. The van der Waals surface area contributed by atoms with Gasteiger partial charge in [0.05, 0.1) is 15.7 Å². The summed E-state index contributed by atoms with van der Waals surface area (Å²) in [6.07, 6.45) is 0. The van der Waals surface area contributed by atoms with Crippen LogP contribution in [0.5, 0.6) is 0 Å². The number of benzene rings is 1. The number of nitrogens with zero attached hydrogens (tertiary/aromatic N) is 1. The third-order valence-corrected chi connectivity index (χ3v) is 2.64. The molecule has 0 saturated heterocycles. The van der Waals surface area contributed by atoms with E-state index in [9.17, 15) is 4.79 Å². The van der Waals surface area contributed by atoms with Crippen LogP contribution in [0.3, 0.4) is 0 Å². The SMILES string of the molecule is Nc1cc(=O)n(-c2ccc(Cl)c(Cl)c2)[nH]1. The van der Waals surface area contributed by atoms with Crippen molar-refractivity contribution in [3.63, 3.8) is 0 Å². The highest BCUT2D eigenvalue weighted by molar-refractivity contribution is 6.42. The molecule has 0 aliphatic carbocycles. The molecule has 78 valence electrons. The van der Waals surface area contributed by atoms with Gasteiger partial charge in [-0.15, -0.1) is 0 Å². The van der Waals surface area contributed by atoms with Crippen LogP contribution in [0.1, 0.15) is 0 Å². The third-order valence-electron chi connectivity index (χ3n) is 1.90. The van der Waals surface area contributed by atoms with Gasteiger partial charge >= 0.3 is 0 Å². The van der Waals surface area contributed by atoms with E-state index in [0.29, 0.717) is 21.6 Å². The van der Waals surface area contributed by atoms with Gasteiger partial charge in [0.15, 0.2) is 0 Å². The fraction of sp³-hybridized carbons (Fsp3) is 0. The van der Waals surface area contributed by atoms with E-state index in [1.165, 1.54) is 10.7 Å². The average Bonchev–Trinajstić information content (AvgIpc) is 2.50. The Morgan fingerprint density at radius 2 is 1.93 bits per heavy atom. The Hall–Kier alpha value is -1.39. The van der Waals surface area contributed by atoms with Crippen LogP contribution in [0, 0.1) is 0 Å². The molecule has 3 N–H and O–H groups in total. The Morgan fingerprint density at radius 3 is 2.47 bits per heavy atom. The number of anilines is 1. The molecule has 1 aromatic carbocycles. The summed E-state index contributed by atoms with van der Waals surface area (Å²) in [6, 6.07) is 6.16. The lowest BCUT2D eigenvalue weighted by molar-refractivity contribution is 0.854. The van der Waals surface area contributed by atoms with Crippen LogP contribution in [0.25, 0.3) is 5.69 Å². The molecule has 0 bridgehead atoms. The summed E-state index contributed by atoms with van der Waals surface area (Å²) >= 11 is 11.6. The molecular weight excluding hydrogens is 237 g/mol. The first-order valence-electron chi connectivity index (χ1n) is 4.11. The van der Waals surface area contributed by atoms with E-state index in [0.717, 1.165) is 0 Å². The van der Waals surface area contributed by atoms with Gasteiger partial charge in [-0.2, -0.15) is 0 Å². The molecule has 6 heteroatoms. The van der Waals surface area contributed by atoms with Crippen LogP contribution in [0.4, 0.5) is 5.82 Å². The Labute approximate surface area is 95.2 Å². The zero-order chi connectivity index (χ0) is 11.0. The Bertz CT molecular complexity index is 559. The van der Waals surface area contributed by atoms with Crippen molar-refractivity contribution in [1.29, 1.82) is 0 Å². The van der Waals surface area contributed by atoms with E-state index in [2.05, 4.69) is 5.10 Å². The number of nitrogens with one attached hydrogen (secondary N) is 1. The van der Waals surface area contributed by atoms with E-state index < -0.39 is 0 Å². The number of aromatic nitrogens is 2. The van der Waals surface area contributed by atoms with Gasteiger partial charge in [0.2, 0.25) is 0 Å². The summed E-state index contributed by atoms with van der Waals surface area (Å²) in [5.41, 5.74) is 5.79. The fourth-order valence-electron chi connectivity index (χ4n) is 1.23. The minimum absolute atomic E-state index is 0.245. The van der Waals surface area contributed by atoms with Gasteiger partial charge in [0, 0.05) is 6.07 Å². The molecule has 0 amide bonds. The Morgan fingerprint density at radius 1 is 1.20 bits per heavy atom. The van der Waals surface area contributed by atoms with E-state index in [-0.39, 0.29) is 5.56 Å².